The van der Waals surface area contributed by atoms with E-state index in [1.165, 1.54) is 0 Å². The molecule has 0 aromatic carbocycles. The van der Waals surface area contributed by atoms with E-state index in [1.807, 2.05) is 31.3 Å². The Kier molecular flexibility index (Phi) is 3.70. The summed E-state index contributed by atoms with van der Waals surface area (Å²) in [6.45, 7) is 2.75. The van der Waals surface area contributed by atoms with Gasteiger partial charge >= 0.3 is 0 Å². The first-order chi connectivity index (χ1) is 7.65. The number of hydrogen-bond donors (Lipinski definition) is 0. The Morgan fingerprint density at radius 3 is 2.62 bits per heavy atom. The molecule has 0 spiro atoms. The van der Waals surface area contributed by atoms with E-state index in [-0.39, 0.29) is 0 Å². The molecule has 0 radical (unpaired) electrons. The monoisotopic (exact) mass is 346 g/mol. The Bertz CT molecular complexity index is 468. The molecule has 0 N–H and O–H groups in total. The van der Waals surface area contributed by atoms with Crippen molar-refractivity contribution in [2.45, 2.75) is 13.5 Å². The Morgan fingerprint density at radius 1 is 1.38 bits per heavy atom. The smallest absolute Gasteiger partial charge is 0.225 e. The molecule has 6 heteroatoms. The van der Waals surface area contributed by atoms with Crippen molar-refractivity contribution in [1.29, 1.82) is 0 Å². The van der Waals surface area contributed by atoms with Gasteiger partial charge in [-0.2, -0.15) is 0 Å². The molecule has 0 saturated carbocycles. The second-order valence-electron chi connectivity index (χ2n) is 3.42. The summed E-state index contributed by atoms with van der Waals surface area (Å²) < 4.78 is 1.04. The van der Waals surface area contributed by atoms with Gasteiger partial charge in [0.15, 0.2) is 0 Å². The van der Waals surface area contributed by atoms with E-state index >= 15 is 0 Å². The van der Waals surface area contributed by atoms with Gasteiger partial charge in [-0.3, -0.25) is 0 Å². The fraction of sp³-hybridized carbons (Fsp3) is 0.300. The number of thiazole rings is 1. The molecule has 0 unspecified atom stereocenters. The lowest BCUT2D eigenvalue weighted by molar-refractivity contribution is 0.843. The molecule has 0 aliphatic rings. The highest BCUT2D eigenvalue weighted by Crippen LogP contribution is 2.13. The molecular weight excluding hydrogens is 335 g/mol. The first kappa shape index (κ1) is 11.7. The number of nitrogens with zero attached hydrogens (tertiary/aromatic N) is 4. The van der Waals surface area contributed by atoms with Crippen LogP contribution >= 0.6 is 33.9 Å². The molecule has 0 amide bonds. The summed E-state index contributed by atoms with van der Waals surface area (Å²) in [5.74, 6) is 0.728. The van der Waals surface area contributed by atoms with E-state index in [4.69, 9.17) is 0 Å². The van der Waals surface area contributed by atoms with Gasteiger partial charge in [0, 0.05) is 28.4 Å². The van der Waals surface area contributed by atoms with Crippen molar-refractivity contribution in [2.75, 3.05) is 11.9 Å². The normalized spacial score (nSPS) is 10.4. The van der Waals surface area contributed by atoms with Crippen molar-refractivity contribution in [1.82, 2.24) is 15.0 Å². The predicted molar refractivity (Wildman–Crippen MR) is 73.7 cm³/mol. The molecule has 0 atom stereocenters. The molecule has 2 heterocycles. The van der Waals surface area contributed by atoms with Crippen LogP contribution in [0.25, 0.3) is 0 Å². The van der Waals surface area contributed by atoms with Gasteiger partial charge in [-0.15, -0.1) is 11.3 Å². The minimum atomic E-state index is 0.728. The SMILES string of the molecule is Cc1nc(CN(C)c2ncc(I)cn2)cs1. The average molecular weight is 346 g/mol. The Balaban J connectivity index is 2.08. The van der Waals surface area contributed by atoms with Gasteiger partial charge < -0.3 is 4.90 Å². The van der Waals surface area contributed by atoms with Crippen molar-refractivity contribution < 1.29 is 0 Å². The van der Waals surface area contributed by atoms with Gasteiger partial charge in [0.25, 0.3) is 0 Å². The molecule has 0 aliphatic heterocycles. The van der Waals surface area contributed by atoms with Gasteiger partial charge in [-0.05, 0) is 29.5 Å². The van der Waals surface area contributed by atoms with Crippen LogP contribution in [-0.4, -0.2) is 22.0 Å². The van der Waals surface area contributed by atoms with Crippen LogP contribution in [0.4, 0.5) is 5.95 Å². The predicted octanol–water partition coefficient (Wildman–Crippen LogP) is 2.48. The quantitative estimate of drug-likeness (QED) is 0.801. The highest BCUT2D eigenvalue weighted by Gasteiger charge is 2.06. The summed E-state index contributed by atoms with van der Waals surface area (Å²) in [4.78, 5) is 14.9. The maximum atomic E-state index is 4.41. The minimum Gasteiger partial charge on any atom is -0.338 e. The van der Waals surface area contributed by atoms with Gasteiger partial charge in [0.1, 0.15) is 0 Å². The van der Waals surface area contributed by atoms with Crippen LogP contribution in [0, 0.1) is 10.5 Å². The summed E-state index contributed by atoms with van der Waals surface area (Å²) in [6.07, 6.45) is 3.62. The number of hydrogen-bond acceptors (Lipinski definition) is 5. The number of aryl methyl sites for hydroxylation is 1. The van der Waals surface area contributed by atoms with Gasteiger partial charge in [0.2, 0.25) is 5.95 Å². The van der Waals surface area contributed by atoms with E-state index < -0.39 is 0 Å². The van der Waals surface area contributed by atoms with E-state index in [0.29, 0.717) is 0 Å². The number of halogens is 1. The van der Waals surface area contributed by atoms with Gasteiger partial charge in [-0.1, -0.05) is 0 Å². The zero-order chi connectivity index (χ0) is 11.5. The number of aromatic nitrogens is 3. The molecular formula is C10H11IN4S. The van der Waals surface area contributed by atoms with Crippen molar-refractivity contribution in [3.05, 3.63) is 32.0 Å². The summed E-state index contributed by atoms with van der Waals surface area (Å²) in [7, 11) is 1.97. The van der Waals surface area contributed by atoms with Crippen LogP contribution < -0.4 is 4.90 Å². The zero-order valence-corrected chi connectivity index (χ0v) is 12.0. The summed E-state index contributed by atoms with van der Waals surface area (Å²) >= 11 is 3.86. The van der Waals surface area contributed by atoms with Crippen molar-refractivity contribution in [3.63, 3.8) is 0 Å². The first-order valence-electron chi connectivity index (χ1n) is 4.75. The number of rotatable bonds is 3. The third-order valence-corrected chi connectivity index (χ3v) is 3.39. The van der Waals surface area contributed by atoms with Crippen LogP contribution in [0.1, 0.15) is 10.7 Å². The lowest BCUT2D eigenvalue weighted by Gasteiger charge is -2.14. The maximum Gasteiger partial charge on any atom is 0.225 e. The first-order valence-corrected chi connectivity index (χ1v) is 6.70. The molecule has 0 saturated heterocycles. The molecule has 2 aromatic rings. The van der Waals surface area contributed by atoms with E-state index in [1.54, 1.807) is 11.3 Å². The Hall–Kier alpha value is -0.760. The van der Waals surface area contributed by atoms with E-state index in [0.717, 1.165) is 26.8 Å². The molecule has 4 nitrogen and oxygen atoms in total. The van der Waals surface area contributed by atoms with Crippen molar-refractivity contribution >= 4 is 39.9 Å². The van der Waals surface area contributed by atoms with Crippen molar-refractivity contribution in [2.24, 2.45) is 0 Å². The Morgan fingerprint density at radius 2 is 2.06 bits per heavy atom. The highest BCUT2D eigenvalue weighted by atomic mass is 127. The van der Waals surface area contributed by atoms with E-state index in [2.05, 4.69) is 42.9 Å². The maximum absolute atomic E-state index is 4.41. The average Bonchev–Trinajstić information content (AvgIpc) is 2.65. The van der Waals surface area contributed by atoms with Crippen LogP contribution in [0.3, 0.4) is 0 Å². The third kappa shape index (κ3) is 2.88. The second kappa shape index (κ2) is 5.05. The summed E-state index contributed by atoms with van der Waals surface area (Å²) in [5, 5.41) is 3.16. The lowest BCUT2D eigenvalue weighted by atomic mass is 10.4. The number of anilines is 1. The van der Waals surface area contributed by atoms with E-state index in [9.17, 15) is 0 Å². The molecule has 84 valence electrons. The Labute approximate surface area is 112 Å². The van der Waals surface area contributed by atoms with Gasteiger partial charge in [-0.25, -0.2) is 15.0 Å². The zero-order valence-electron chi connectivity index (χ0n) is 9.01. The molecule has 0 bridgehead atoms. The van der Waals surface area contributed by atoms with Crippen LogP contribution in [0.2, 0.25) is 0 Å². The third-order valence-electron chi connectivity index (χ3n) is 2.01. The fourth-order valence-electron chi connectivity index (χ4n) is 1.30. The fourth-order valence-corrected chi connectivity index (χ4v) is 2.18. The molecule has 2 rings (SSSR count). The molecule has 0 fully saturated rings. The largest absolute Gasteiger partial charge is 0.338 e. The lowest BCUT2D eigenvalue weighted by Crippen LogP contribution is -2.19. The summed E-state index contributed by atoms with van der Waals surface area (Å²) in [6, 6.07) is 0. The molecule has 16 heavy (non-hydrogen) atoms. The second-order valence-corrected chi connectivity index (χ2v) is 5.72. The molecule has 0 aliphatic carbocycles. The topological polar surface area (TPSA) is 41.9 Å². The van der Waals surface area contributed by atoms with Crippen molar-refractivity contribution in [3.8, 4) is 0 Å². The van der Waals surface area contributed by atoms with Crippen LogP contribution in [0.15, 0.2) is 17.8 Å². The summed E-state index contributed by atoms with van der Waals surface area (Å²) in [5.41, 5.74) is 1.06. The standard InChI is InChI=1S/C10H11IN4S/c1-7-14-9(6-16-7)5-15(2)10-12-3-8(11)4-13-10/h3-4,6H,5H2,1-2H3. The highest BCUT2D eigenvalue weighted by molar-refractivity contribution is 14.1. The van der Waals surface area contributed by atoms with Crippen LogP contribution in [-0.2, 0) is 6.54 Å². The van der Waals surface area contributed by atoms with Gasteiger partial charge in [0.05, 0.1) is 17.2 Å². The minimum absolute atomic E-state index is 0.728. The van der Waals surface area contributed by atoms with Crippen LogP contribution in [0.5, 0.6) is 0 Å². The molecule has 2 aromatic heterocycles.